The second-order valence-electron chi connectivity index (χ2n) is 3.38. The van der Waals surface area contributed by atoms with E-state index < -0.39 is 0 Å². The topological polar surface area (TPSA) is 29.3 Å². The van der Waals surface area contributed by atoms with Crippen LogP contribution in [-0.4, -0.2) is 15.9 Å². The minimum atomic E-state index is 0.914. The molecule has 0 aliphatic rings. The number of fused-ring (bicyclic) bond motifs is 1. The molecule has 0 aliphatic carbocycles. The van der Waals surface area contributed by atoms with Crippen molar-refractivity contribution in [3.05, 3.63) is 23.0 Å². The second-order valence-corrected chi connectivity index (χ2v) is 4.25. The Kier molecular flexibility index (Phi) is 2.84. The van der Waals surface area contributed by atoms with Crippen molar-refractivity contribution in [2.24, 2.45) is 0 Å². The van der Waals surface area contributed by atoms with Crippen LogP contribution in [0.4, 0.5) is 0 Å². The largest absolute Gasteiger partial charge is 0.311 e. The Morgan fingerprint density at radius 1 is 1.57 bits per heavy atom. The highest BCUT2D eigenvalue weighted by Crippen LogP contribution is 2.16. The number of aromatic nitrogens is 2. The molecule has 0 atom stereocenters. The molecule has 0 saturated carbocycles. The van der Waals surface area contributed by atoms with Crippen molar-refractivity contribution in [1.82, 2.24) is 14.7 Å². The number of hydrogen-bond acceptors (Lipinski definition) is 3. The van der Waals surface area contributed by atoms with Gasteiger partial charge in [-0.05, 0) is 19.9 Å². The highest BCUT2D eigenvalue weighted by Gasteiger charge is 2.07. The van der Waals surface area contributed by atoms with E-state index in [1.165, 1.54) is 12.1 Å². The zero-order valence-corrected chi connectivity index (χ0v) is 9.40. The summed E-state index contributed by atoms with van der Waals surface area (Å²) < 4.78 is 2.17. The van der Waals surface area contributed by atoms with E-state index >= 15 is 0 Å². The average Bonchev–Trinajstić information content (AvgIpc) is 2.69. The first-order chi connectivity index (χ1) is 6.83. The molecule has 2 aromatic heterocycles. The molecule has 0 bridgehead atoms. The first kappa shape index (κ1) is 9.68. The molecular formula is C10H15N3S. The Hall–Kier alpha value is -0.870. The SMILES string of the molecule is CCCNCc1c(C)nc2sccn12. The van der Waals surface area contributed by atoms with Gasteiger partial charge in [0.15, 0.2) is 4.96 Å². The summed E-state index contributed by atoms with van der Waals surface area (Å²) >= 11 is 1.69. The normalized spacial score (nSPS) is 11.3. The maximum Gasteiger partial charge on any atom is 0.194 e. The van der Waals surface area contributed by atoms with E-state index in [-0.39, 0.29) is 0 Å². The number of nitrogens with zero attached hydrogens (tertiary/aromatic N) is 2. The van der Waals surface area contributed by atoms with Crippen LogP contribution in [0.2, 0.25) is 0 Å². The molecule has 0 aliphatic heterocycles. The Morgan fingerprint density at radius 3 is 3.21 bits per heavy atom. The molecular weight excluding hydrogens is 194 g/mol. The number of aryl methyl sites for hydroxylation is 1. The van der Waals surface area contributed by atoms with Crippen LogP contribution < -0.4 is 5.32 Å². The molecule has 0 fully saturated rings. The fraction of sp³-hybridized carbons (Fsp3) is 0.500. The van der Waals surface area contributed by atoms with Crippen LogP contribution in [0.5, 0.6) is 0 Å². The molecule has 4 heteroatoms. The van der Waals surface area contributed by atoms with Gasteiger partial charge in [0, 0.05) is 18.1 Å². The predicted molar refractivity (Wildman–Crippen MR) is 59.8 cm³/mol. The minimum Gasteiger partial charge on any atom is -0.311 e. The first-order valence-electron chi connectivity index (χ1n) is 4.94. The van der Waals surface area contributed by atoms with E-state index in [4.69, 9.17) is 0 Å². The van der Waals surface area contributed by atoms with Gasteiger partial charge < -0.3 is 5.32 Å². The molecule has 0 saturated heterocycles. The average molecular weight is 209 g/mol. The summed E-state index contributed by atoms with van der Waals surface area (Å²) in [7, 11) is 0. The molecule has 3 nitrogen and oxygen atoms in total. The van der Waals surface area contributed by atoms with Gasteiger partial charge in [-0.25, -0.2) is 4.98 Å². The van der Waals surface area contributed by atoms with E-state index in [1.807, 2.05) is 0 Å². The van der Waals surface area contributed by atoms with Crippen LogP contribution in [0.25, 0.3) is 4.96 Å². The van der Waals surface area contributed by atoms with Crippen LogP contribution >= 0.6 is 11.3 Å². The summed E-state index contributed by atoms with van der Waals surface area (Å²) in [5.41, 5.74) is 2.43. The van der Waals surface area contributed by atoms with Gasteiger partial charge in [-0.15, -0.1) is 11.3 Å². The van der Waals surface area contributed by atoms with Crippen molar-refractivity contribution in [1.29, 1.82) is 0 Å². The lowest BCUT2D eigenvalue weighted by atomic mass is 10.3. The van der Waals surface area contributed by atoms with Crippen LogP contribution in [0.3, 0.4) is 0 Å². The molecule has 0 spiro atoms. The van der Waals surface area contributed by atoms with Gasteiger partial charge in [-0.3, -0.25) is 4.40 Å². The number of hydrogen-bond donors (Lipinski definition) is 1. The summed E-state index contributed by atoms with van der Waals surface area (Å²) in [5.74, 6) is 0. The Bertz CT molecular complexity index is 416. The quantitative estimate of drug-likeness (QED) is 0.782. The Balaban J connectivity index is 2.21. The summed E-state index contributed by atoms with van der Waals surface area (Å²) in [6.45, 7) is 6.23. The van der Waals surface area contributed by atoms with Gasteiger partial charge in [-0.1, -0.05) is 6.92 Å². The third-order valence-electron chi connectivity index (χ3n) is 2.28. The number of rotatable bonds is 4. The second kappa shape index (κ2) is 4.11. The summed E-state index contributed by atoms with van der Waals surface area (Å²) in [6.07, 6.45) is 3.26. The maximum absolute atomic E-state index is 4.49. The summed E-state index contributed by atoms with van der Waals surface area (Å²) in [6, 6.07) is 0. The smallest absolute Gasteiger partial charge is 0.194 e. The van der Waals surface area contributed by atoms with Gasteiger partial charge in [0.25, 0.3) is 0 Å². The van der Waals surface area contributed by atoms with Crippen LogP contribution in [0.15, 0.2) is 11.6 Å². The third kappa shape index (κ3) is 1.67. The van der Waals surface area contributed by atoms with Crippen molar-refractivity contribution in [2.75, 3.05) is 6.54 Å². The highest BCUT2D eigenvalue weighted by atomic mass is 32.1. The van der Waals surface area contributed by atoms with Gasteiger partial charge in [0.2, 0.25) is 0 Å². The monoisotopic (exact) mass is 209 g/mol. The van der Waals surface area contributed by atoms with E-state index in [1.54, 1.807) is 11.3 Å². The zero-order chi connectivity index (χ0) is 9.97. The lowest BCUT2D eigenvalue weighted by Crippen LogP contribution is -2.15. The van der Waals surface area contributed by atoms with Crippen molar-refractivity contribution < 1.29 is 0 Å². The van der Waals surface area contributed by atoms with E-state index in [2.05, 4.69) is 40.1 Å². The fourth-order valence-electron chi connectivity index (χ4n) is 1.54. The molecule has 14 heavy (non-hydrogen) atoms. The Morgan fingerprint density at radius 2 is 2.43 bits per heavy atom. The van der Waals surface area contributed by atoms with Crippen molar-refractivity contribution in [3.63, 3.8) is 0 Å². The lowest BCUT2D eigenvalue weighted by molar-refractivity contribution is 0.658. The number of imidazole rings is 1. The van der Waals surface area contributed by atoms with Gasteiger partial charge in [0.1, 0.15) is 0 Å². The molecule has 2 rings (SSSR count). The molecule has 0 aromatic carbocycles. The van der Waals surface area contributed by atoms with Crippen LogP contribution in [-0.2, 0) is 6.54 Å². The fourth-order valence-corrected chi connectivity index (χ4v) is 2.32. The number of thiazole rings is 1. The maximum atomic E-state index is 4.49. The van der Waals surface area contributed by atoms with Crippen molar-refractivity contribution in [3.8, 4) is 0 Å². The first-order valence-corrected chi connectivity index (χ1v) is 5.82. The lowest BCUT2D eigenvalue weighted by Gasteiger charge is -2.02. The predicted octanol–water partition coefficient (Wildman–Crippen LogP) is 2.20. The summed E-state index contributed by atoms with van der Waals surface area (Å²) in [4.78, 5) is 5.59. The molecule has 0 unspecified atom stereocenters. The minimum absolute atomic E-state index is 0.914. The van der Waals surface area contributed by atoms with Crippen LogP contribution in [0, 0.1) is 6.92 Å². The van der Waals surface area contributed by atoms with Gasteiger partial charge in [-0.2, -0.15) is 0 Å². The van der Waals surface area contributed by atoms with Gasteiger partial charge >= 0.3 is 0 Å². The molecule has 76 valence electrons. The van der Waals surface area contributed by atoms with E-state index in [0.717, 1.165) is 23.7 Å². The van der Waals surface area contributed by atoms with E-state index in [9.17, 15) is 0 Å². The van der Waals surface area contributed by atoms with E-state index in [0.29, 0.717) is 0 Å². The van der Waals surface area contributed by atoms with Crippen LogP contribution in [0.1, 0.15) is 24.7 Å². The standard InChI is InChI=1S/C10H15N3S/c1-3-4-11-7-9-8(2)12-10-13(9)5-6-14-10/h5-6,11H,3-4,7H2,1-2H3. The van der Waals surface area contributed by atoms with Gasteiger partial charge in [0.05, 0.1) is 11.4 Å². The third-order valence-corrected chi connectivity index (χ3v) is 3.04. The molecule has 0 radical (unpaired) electrons. The Labute approximate surface area is 87.8 Å². The van der Waals surface area contributed by atoms with Crippen molar-refractivity contribution >= 4 is 16.3 Å². The summed E-state index contributed by atoms with van der Waals surface area (Å²) in [5, 5.41) is 5.48. The molecule has 0 amide bonds. The van der Waals surface area contributed by atoms with Crippen molar-refractivity contribution in [2.45, 2.75) is 26.8 Å². The molecule has 2 aromatic rings. The number of nitrogens with one attached hydrogen (secondary N) is 1. The zero-order valence-electron chi connectivity index (χ0n) is 8.58. The molecule has 2 heterocycles. The molecule has 1 N–H and O–H groups in total. The highest BCUT2D eigenvalue weighted by molar-refractivity contribution is 7.15.